The summed E-state index contributed by atoms with van der Waals surface area (Å²) in [5.74, 6) is -1.28. The maximum atomic E-state index is 12.5. The minimum absolute atomic E-state index is 0.0290. The molecule has 1 heterocycles. The molecule has 1 aliphatic rings. The fourth-order valence-electron chi connectivity index (χ4n) is 2.31. The lowest BCUT2D eigenvalue weighted by molar-refractivity contribution is -0.121. The molecule has 0 saturated carbocycles. The van der Waals surface area contributed by atoms with Crippen LogP contribution in [0.3, 0.4) is 0 Å². The van der Waals surface area contributed by atoms with Crippen LogP contribution in [0.25, 0.3) is 6.08 Å². The molecule has 1 fully saturated rings. The number of amides is 1. The lowest BCUT2D eigenvalue weighted by Gasteiger charge is -2.07. The van der Waals surface area contributed by atoms with Gasteiger partial charge in [-0.25, -0.2) is 9.79 Å². The van der Waals surface area contributed by atoms with Crippen LogP contribution < -0.4 is 0 Å². The zero-order valence-corrected chi connectivity index (χ0v) is 17.8. The Morgan fingerprint density at radius 3 is 2.70 bits per heavy atom. The van der Waals surface area contributed by atoms with Gasteiger partial charge in [-0.1, -0.05) is 22.0 Å². The Kier molecular flexibility index (Phi) is 5.73. The molecule has 3 rings (SSSR count). The summed E-state index contributed by atoms with van der Waals surface area (Å²) in [7, 11) is 1.59. The largest absolute Gasteiger partial charge is 0.506 e. The number of nitrogens with zero attached hydrogens (tertiary/aromatic N) is 2. The van der Waals surface area contributed by atoms with E-state index >= 15 is 0 Å². The molecule has 2 aromatic carbocycles. The third kappa shape index (κ3) is 4.26. The molecule has 1 saturated heterocycles. The molecule has 0 radical (unpaired) electrons. The Morgan fingerprint density at radius 2 is 2.00 bits per heavy atom. The minimum Gasteiger partial charge on any atom is -0.506 e. The molecule has 9 heteroatoms. The second-order valence-electron chi connectivity index (χ2n) is 5.55. The fraction of sp³-hybridized carbons (Fsp3) is 0.0556. The first-order valence-electron chi connectivity index (χ1n) is 7.54. The molecule has 138 valence electrons. The van der Waals surface area contributed by atoms with Crippen molar-refractivity contribution in [2.75, 3.05) is 7.05 Å². The molecule has 2 aromatic rings. The van der Waals surface area contributed by atoms with Gasteiger partial charge in [0.1, 0.15) is 5.75 Å². The SMILES string of the molecule is CN1C(=O)/C(=C/c2cc(Br)cc(Br)c2O)SC1=Nc1cccc(C(=O)O)c1. The number of hydrogen-bond acceptors (Lipinski definition) is 5. The molecule has 1 aliphatic heterocycles. The first-order chi connectivity index (χ1) is 12.8. The van der Waals surface area contributed by atoms with E-state index in [-0.39, 0.29) is 17.2 Å². The summed E-state index contributed by atoms with van der Waals surface area (Å²) < 4.78 is 1.26. The number of amidine groups is 1. The van der Waals surface area contributed by atoms with Crippen LogP contribution in [0, 0.1) is 0 Å². The molecule has 0 atom stereocenters. The monoisotopic (exact) mass is 510 g/mol. The van der Waals surface area contributed by atoms with Gasteiger partial charge in [0.25, 0.3) is 5.91 Å². The highest BCUT2D eigenvalue weighted by Gasteiger charge is 2.30. The van der Waals surface area contributed by atoms with Crippen molar-refractivity contribution in [2.24, 2.45) is 4.99 Å². The van der Waals surface area contributed by atoms with Gasteiger partial charge in [-0.15, -0.1) is 0 Å². The smallest absolute Gasteiger partial charge is 0.335 e. The standard InChI is InChI=1S/C18H12Br2N2O4S/c1-22-16(24)14(7-10-5-11(19)8-13(20)15(10)23)27-18(22)21-12-4-2-3-9(6-12)17(25)26/h2-8,23H,1H3,(H,25,26)/b14-7-,21-18?. The molecule has 27 heavy (non-hydrogen) atoms. The highest BCUT2D eigenvalue weighted by Crippen LogP contribution is 2.37. The molecule has 0 bridgehead atoms. The Labute approximate surface area is 175 Å². The third-order valence-electron chi connectivity index (χ3n) is 3.67. The minimum atomic E-state index is -1.04. The van der Waals surface area contributed by atoms with Gasteiger partial charge in [-0.2, -0.15) is 0 Å². The maximum absolute atomic E-state index is 12.5. The maximum Gasteiger partial charge on any atom is 0.335 e. The van der Waals surface area contributed by atoms with E-state index < -0.39 is 5.97 Å². The zero-order valence-electron chi connectivity index (χ0n) is 13.8. The number of hydrogen-bond donors (Lipinski definition) is 2. The van der Waals surface area contributed by atoms with Crippen molar-refractivity contribution in [3.05, 3.63) is 61.4 Å². The van der Waals surface area contributed by atoms with E-state index in [1.165, 1.54) is 17.0 Å². The highest BCUT2D eigenvalue weighted by molar-refractivity contribution is 9.11. The van der Waals surface area contributed by atoms with E-state index in [9.17, 15) is 14.7 Å². The number of thioether (sulfide) groups is 1. The number of likely N-dealkylation sites (N-methyl/N-ethyl adjacent to an activating group) is 1. The first-order valence-corrected chi connectivity index (χ1v) is 9.94. The Bertz CT molecular complexity index is 1020. The summed E-state index contributed by atoms with van der Waals surface area (Å²) >= 11 is 7.77. The highest BCUT2D eigenvalue weighted by atomic mass is 79.9. The average Bonchev–Trinajstić information content (AvgIpc) is 2.87. The third-order valence-corrected chi connectivity index (χ3v) is 5.79. The molecular weight excluding hydrogens is 500 g/mol. The van der Waals surface area contributed by atoms with Gasteiger partial charge in [0.15, 0.2) is 5.17 Å². The zero-order chi connectivity index (χ0) is 19.7. The second-order valence-corrected chi connectivity index (χ2v) is 8.33. The number of carbonyl (C=O) groups is 2. The van der Waals surface area contributed by atoms with Crippen LogP contribution in [0.4, 0.5) is 5.69 Å². The number of carboxylic acid groups (broad SMARTS) is 1. The van der Waals surface area contributed by atoms with E-state index in [1.807, 2.05) is 0 Å². The van der Waals surface area contributed by atoms with Crippen LogP contribution in [0.1, 0.15) is 15.9 Å². The van der Waals surface area contributed by atoms with Gasteiger partial charge in [0.2, 0.25) is 0 Å². The van der Waals surface area contributed by atoms with Crippen molar-refractivity contribution in [3.63, 3.8) is 0 Å². The van der Waals surface area contributed by atoms with Crippen molar-refractivity contribution >= 4 is 72.4 Å². The van der Waals surface area contributed by atoms with Crippen LogP contribution in [0.5, 0.6) is 5.75 Å². The number of carbonyl (C=O) groups excluding carboxylic acids is 1. The van der Waals surface area contributed by atoms with Gasteiger partial charge < -0.3 is 10.2 Å². The van der Waals surface area contributed by atoms with E-state index in [4.69, 9.17) is 5.11 Å². The van der Waals surface area contributed by atoms with Crippen molar-refractivity contribution < 1.29 is 19.8 Å². The number of aromatic carboxylic acids is 1. The molecule has 0 spiro atoms. The van der Waals surface area contributed by atoms with Crippen LogP contribution >= 0.6 is 43.6 Å². The summed E-state index contributed by atoms with van der Waals surface area (Å²) in [6.45, 7) is 0. The van der Waals surface area contributed by atoms with Crippen LogP contribution in [-0.4, -0.2) is 39.2 Å². The first kappa shape index (κ1) is 19.7. The summed E-state index contributed by atoms with van der Waals surface area (Å²) in [4.78, 5) is 29.8. The van der Waals surface area contributed by atoms with Crippen molar-refractivity contribution in [1.82, 2.24) is 4.90 Å². The molecule has 6 nitrogen and oxygen atoms in total. The number of aromatic hydroxyl groups is 1. The number of halogens is 2. The number of benzene rings is 2. The molecule has 0 aromatic heterocycles. The second kappa shape index (κ2) is 7.87. The van der Waals surface area contributed by atoms with Crippen LogP contribution in [0.15, 0.2) is 55.2 Å². The van der Waals surface area contributed by atoms with Gasteiger partial charge >= 0.3 is 5.97 Å². The molecule has 0 aliphatic carbocycles. The summed E-state index contributed by atoms with van der Waals surface area (Å²) in [6, 6.07) is 9.58. The molecular formula is C18H12Br2N2O4S. The van der Waals surface area contributed by atoms with Gasteiger partial charge in [0, 0.05) is 17.1 Å². The van der Waals surface area contributed by atoms with Gasteiger partial charge in [-0.3, -0.25) is 9.69 Å². The van der Waals surface area contributed by atoms with Gasteiger partial charge in [-0.05, 0) is 64.1 Å². The quantitative estimate of drug-likeness (QED) is 0.575. The number of carboxylic acids is 1. The summed E-state index contributed by atoms with van der Waals surface area (Å²) in [5, 5.41) is 19.7. The predicted octanol–water partition coefficient (Wildman–Crippen LogP) is 4.85. The Hall–Kier alpha value is -2.10. The van der Waals surface area contributed by atoms with E-state index in [0.717, 1.165) is 16.2 Å². The fourth-order valence-corrected chi connectivity index (χ4v) is 4.54. The van der Waals surface area contributed by atoms with E-state index in [2.05, 4.69) is 36.9 Å². The lowest BCUT2D eigenvalue weighted by atomic mass is 10.2. The van der Waals surface area contributed by atoms with Crippen molar-refractivity contribution in [2.45, 2.75) is 0 Å². The summed E-state index contributed by atoms with van der Waals surface area (Å²) in [5.41, 5.74) is 1.04. The number of aliphatic imine (C=N–C) groups is 1. The average molecular weight is 512 g/mol. The van der Waals surface area contributed by atoms with Crippen molar-refractivity contribution in [3.8, 4) is 5.75 Å². The summed E-state index contributed by atoms with van der Waals surface area (Å²) in [6.07, 6.45) is 1.59. The normalized spacial score (nSPS) is 17.1. The van der Waals surface area contributed by atoms with Crippen molar-refractivity contribution in [1.29, 1.82) is 0 Å². The van der Waals surface area contributed by atoms with Gasteiger partial charge in [0.05, 0.1) is 20.6 Å². The number of phenolic OH excluding ortho intramolecular Hbond substituents is 1. The Morgan fingerprint density at radius 1 is 1.26 bits per heavy atom. The van der Waals surface area contributed by atoms with E-state index in [0.29, 0.717) is 25.8 Å². The number of phenols is 1. The van der Waals surface area contributed by atoms with Crippen LogP contribution in [0.2, 0.25) is 0 Å². The molecule has 1 amide bonds. The lowest BCUT2D eigenvalue weighted by Crippen LogP contribution is -2.23. The predicted molar refractivity (Wildman–Crippen MR) is 112 cm³/mol. The molecule has 2 N–H and O–H groups in total. The van der Waals surface area contributed by atoms with E-state index in [1.54, 1.807) is 37.4 Å². The Balaban J connectivity index is 1.96. The topological polar surface area (TPSA) is 90.2 Å². The number of rotatable bonds is 3. The van der Waals surface area contributed by atoms with Crippen LogP contribution in [-0.2, 0) is 4.79 Å². The molecule has 0 unspecified atom stereocenters.